The molecule has 0 aromatic heterocycles. The number of hydrogen-bond acceptors (Lipinski definition) is 2. The van der Waals surface area contributed by atoms with Crippen LogP contribution in [0.15, 0.2) is 30.3 Å². The fourth-order valence-corrected chi connectivity index (χ4v) is 1.18. The van der Waals surface area contributed by atoms with Crippen molar-refractivity contribution in [1.29, 1.82) is 0 Å². The lowest BCUT2D eigenvalue weighted by atomic mass is 10.4. The van der Waals surface area contributed by atoms with E-state index in [1.54, 1.807) is 25.1 Å². The SMILES string of the molecule is CCO.O=P(O)(O)c1ccccc1. The molecule has 0 aliphatic heterocycles. The summed E-state index contributed by atoms with van der Waals surface area (Å²) in [5.74, 6) is 0. The summed E-state index contributed by atoms with van der Waals surface area (Å²) in [5.41, 5.74) is 0. The molecule has 0 bridgehead atoms. The summed E-state index contributed by atoms with van der Waals surface area (Å²) in [6.07, 6.45) is 0. The van der Waals surface area contributed by atoms with Gasteiger partial charge in [-0.2, -0.15) is 0 Å². The maximum atomic E-state index is 10.5. The van der Waals surface area contributed by atoms with Crippen LogP contribution in [0.2, 0.25) is 0 Å². The molecule has 0 aliphatic carbocycles. The molecule has 4 nitrogen and oxygen atoms in total. The minimum atomic E-state index is -4.02. The van der Waals surface area contributed by atoms with Crippen molar-refractivity contribution < 1.29 is 19.5 Å². The fraction of sp³-hybridized carbons (Fsp3) is 0.250. The molecule has 5 heteroatoms. The van der Waals surface area contributed by atoms with Gasteiger partial charge in [-0.15, -0.1) is 0 Å². The van der Waals surface area contributed by atoms with Crippen molar-refractivity contribution in [3.05, 3.63) is 30.3 Å². The minimum Gasteiger partial charge on any atom is -0.397 e. The highest BCUT2D eigenvalue weighted by molar-refractivity contribution is 7.60. The zero-order chi connectivity index (χ0) is 10.3. The quantitative estimate of drug-likeness (QED) is 0.582. The molecule has 0 fully saturated rings. The van der Waals surface area contributed by atoms with E-state index in [1.807, 2.05) is 0 Å². The van der Waals surface area contributed by atoms with Gasteiger partial charge >= 0.3 is 7.60 Å². The van der Waals surface area contributed by atoms with Crippen molar-refractivity contribution in [2.45, 2.75) is 6.92 Å². The molecule has 0 spiro atoms. The van der Waals surface area contributed by atoms with Gasteiger partial charge in [0.25, 0.3) is 0 Å². The van der Waals surface area contributed by atoms with E-state index in [1.165, 1.54) is 12.1 Å². The van der Waals surface area contributed by atoms with Crippen LogP contribution in [0.25, 0.3) is 0 Å². The van der Waals surface area contributed by atoms with Crippen LogP contribution in [-0.4, -0.2) is 21.5 Å². The summed E-state index contributed by atoms with van der Waals surface area (Å²) < 4.78 is 10.5. The first-order valence-corrected chi connectivity index (χ1v) is 5.35. The van der Waals surface area contributed by atoms with Gasteiger partial charge in [0.2, 0.25) is 0 Å². The summed E-state index contributed by atoms with van der Waals surface area (Å²) >= 11 is 0. The molecule has 13 heavy (non-hydrogen) atoms. The van der Waals surface area contributed by atoms with Gasteiger partial charge in [0.05, 0.1) is 5.30 Å². The Morgan fingerprint density at radius 2 is 1.62 bits per heavy atom. The highest BCUT2D eigenvalue weighted by atomic mass is 31.2. The van der Waals surface area contributed by atoms with Crippen molar-refractivity contribution >= 4 is 12.9 Å². The molecule has 0 saturated heterocycles. The predicted molar refractivity (Wildman–Crippen MR) is 50.9 cm³/mol. The van der Waals surface area contributed by atoms with E-state index < -0.39 is 7.60 Å². The van der Waals surface area contributed by atoms with Crippen LogP contribution in [0.5, 0.6) is 0 Å². The molecule has 0 radical (unpaired) electrons. The van der Waals surface area contributed by atoms with Crippen LogP contribution in [0, 0.1) is 0 Å². The highest BCUT2D eigenvalue weighted by Gasteiger charge is 2.14. The first kappa shape index (κ1) is 12.3. The van der Waals surface area contributed by atoms with Gasteiger partial charge in [0, 0.05) is 6.61 Å². The number of benzene rings is 1. The Bertz CT molecular complexity index is 267. The Balaban J connectivity index is 0.000000424. The Morgan fingerprint density at radius 1 is 1.23 bits per heavy atom. The van der Waals surface area contributed by atoms with Gasteiger partial charge in [-0.3, -0.25) is 4.57 Å². The Kier molecular flexibility index (Phi) is 5.58. The monoisotopic (exact) mass is 204 g/mol. The summed E-state index contributed by atoms with van der Waals surface area (Å²) in [6.45, 7) is 1.93. The smallest absolute Gasteiger partial charge is 0.356 e. The van der Waals surface area contributed by atoms with Crippen molar-refractivity contribution in [1.82, 2.24) is 0 Å². The van der Waals surface area contributed by atoms with E-state index in [9.17, 15) is 4.57 Å². The van der Waals surface area contributed by atoms with Crippen LogP contribution in [0.4, 0.5) is 0 Å². The van der Waals surface area contributed by atoms with Crippen LogP contribution >= 0.6 is 7.60 Å². The van der Waals surface area contributed by atoms with E-state index in [0.29, 0.717) is 0 Å². The molecule has 0 amide bonds. The molecule has 0 unspecified atom stereocenters. The molecule has 0 atom stereocenters. The minimum absolute atomic E-state index is 0.0648. The average Bonchev–Trinajstić information content (AvgIpc) is 2.06. The highest BCUT2D eigenvalue weighted by Crippen LogP contribution is 2.32. The molecule has 1 aromatic carbocycles. The largest absolute Gasteiger partial charge is 0.397 e. The normalized spacial score (nSPS) is 10.2. The second-order valence-electron chi connectivity index (χ2n) is 2.20. The summed E-state index contributed by atoms with van der Waals surface area (Å²) in [4.78, 5) is 17.2. The molecule has 1 rings (SSSR count). The lowest BCUT2D eigenvalue weighted by Gasteiger charge is -2.00. The van der Waals surface area contributed by atoms with E-state index in [4.69, 9.17) is 14.9 Å². The molecule has 0 heterocycles. The average molecular weight is 204 g/mol. The predicted octanol–water partition coefficient (Wildman–Crippen LogP) is 0.488. The topological polar surface area (TPSA) is 77.8 Å². The van der Waals surface area contributed by atoms with Gasteiger partial charge in [-0.25, -0.2) is 0 Å². The van der Waals surface area contributed by atoms with Crippen molar-refractivity contribution in [3.63, 3.8) is 0 Å². The fourth-order valence-electron chi connectivity index (χ4n) is 0.622. The van der Waals surface area contributed by atoms with E-state index in [-0.39, 0.29) is 11.9 Å². The molecule has 0 saturated carbocycles. The van der Waals surface area contributed by atoms with Crippen LogP contribution < -0.4 is 5.30 Å². The third kappa shape index (κ3) is 5.55. The lowest BCUT2D eigenvalue weighted by Crippen LogP contribution is -2.01. The van der Waals surface area contributed by atoms with Crippen molar-refractivity contribution in [2.24, 2.45) is 0 Å². The third-order valence-corrected chi connectivity index (χ3v) is 2.06. The zero-order valence-electron chi connectivity index (χ0n) is 7.29. The number of aliphatic hydroxyl groups excluding tert-OH is 1. The van der Waals surface area contributed by atoms with Gasteiger partial charge < -0.3 is 14.9 Å². The summed E-state index contributed by atoms with van der Waals surface area (Å²) in [7, 11) is -4.02. The van der Waals surface area contributed by atoms with Crippen LogP contribution in [0.3, 0.4) is 0 Å². The van der Waals surface area contributed by atoms with Gasteiger partial charge in [-0.05, 0) is 19.1 Å². The van der Waals surface area contributed by atoms with E-state index in [2.05, 4.69) is 0 Å². The maximum Gasteiger partial charge on any atom is 0.356 e. The lowest BCUT2D eigenvalue weighted by molar-refractivity contribution is 0.318. The molecule has 0 aliphatic rings. The van der Waals surface area contributed by atoms with Crippen molar-refractivity contribution in [3.8, 4) is 0 Å². The Hall–Kier alpha value is -0.670. The first-order chi connectivity index (χ1) is 6.02. The van der Waals surface area contributed by atoms with Gasteiger partial charge in [0.1, 0.15) is 0 Å². The zero-order valence-corrected chi connectivity index (χ0v) is 8.19. The van der Waals surface area contributed by atoms with Crippen LogP contribution in [0.1, 0.15) is 6.92 Å². The standard InChI is InChI=1S/C6H7O3P.C2H6O/c7-10(8,9)6-4-2-1-3-5-6;1-2-3/h1-5H,(H2,7,8,9);3H,2H2,1H3. The Morgan fingerprint density at radius 3 is 1.85 bits per heavy atom. The van der Waals surface area contributed by atoms with E-state index >= 15 is 0 Å². The molecular formula is C8H13O4P. The molecule has 1 aromatic rings. The number of hydrogen-bond donors (Lipinski definition) is 3. The van der Waals surface area contributed by atoms with E-state index in [0.717, 1.165) is 0 Å². The van der Waals surface area contributed by atoms with Crippen molar-refractivity contribution in [2.75, 3.05) is 6.61 Å². The Labute approximate surface area is 77.0 Å². The maximum absolute atomic E-state index is 10.5. The number of aliphatic hydroxyl groups is 1. The first-order valence-electron chi connectivity index (χ1n) is 3.74. The third-order valence-electron chi connectivity index (χ3n) is 1.09. The second-order valence-corrected chi connectivity index (χ2v) is 3.80. The molecular weight excluding hydrogens is 191 g/mol. The van der Waals surface area contributed by atoms with Crippen LogP contribution in [-0.2, 0) is 4.57 Å². The summed E-state index contributed by atoms with van der Waals surface area (Å²) in [5, 5.41) is 7.63. The molecule has 74 valence electrons. The van der Waals surface area contributed by atoms with Gasteiger partial charge in [-0.1, -0.05) is 18.2 Å². The second kappa shape index (κ2) is 5.89. The number of rotatable bonds is 1. The van der Waals surface area contributed by atoms with Gasteiger partial charge in [0.15, 0.2) is 0 Å². The summed E-state index contributed by atoms with van der Waals surface area (Å²) in [6, 6.07) is 7.70. The molecule has 3 N–H and O–H groups in total.